The topological polar surface area (TPSA) is 45.2 Å². The number of carbonyl (C=O) groups excluding carboxylic acids is 1. The number of aromatic nitrogens is 1. The maximum absolute atomic E-state index is 12.5. The van der Waals surface area contributed by atoms with Gasteiger partial charge in [-0.05, 0) is 45.2 Å². The van der Waals surface area contributed by atoms with Crippen LogP contribution in [0.4, 0.5) is 5.82 Å². The van der Waals surface area contributed by atoms with Crippen LogP contribution in [0.25, 0.3) is 0 Å². The minimum atomic E-state index is -0.0500. The number of anilines is 1. The molecule has 1 amide bonds. The van der Waals surface area contributed by atoms with Crippen molar-refractivity contribution in [1.82, 2.24) is 9.88 Å². The van der Waals surface area contributed by atoms with E-state index in [1.807, 2.05) is 17.0 Å². The molecule has 1 aliphatic heterocycles. The Morgan fingerprint density at radius 3 is 2.89 bits per heavy atom. The number of pyridine rings is 1. The Hall–Kier alpha value is -1.58. The summed E-state index contributed by atoms with van der Waals surface area (Å²) in [6.45, 7) is 8.06. The molecular weight excluding hydrogens is 238 g/mol. The Morgan fingerprint density at radius 1 is 1.47 bits per heavy atom. The van der Waals surface area contributed by atoms with Crippen molar-refractivity contribution in [2.75, 3.05) is 18.4 Å². The molecule has 0 radical (unpaired) electrons. The van der Waals surface area contributed by atoms with Crippen LogP contribution in [0.5, 0.6) is 0 Å². The van der Waals surface area contributed by atoms with Gasteiger partial charge in [0.25, 0.3) is 5.91 Å². The Morgan fingerprint density at radius 2 is 2.26 bits per heavy atom. The molecule has 19 heavy (non-hydrogen) atoms. The molecule has 4 heteroatoms. The van der Waals surface area contributed by atoms with Gasteiger partial charge in [0.1, 0.15) is 11.5 Å². The van der Waals surface area contributed by atoms with Gasteiger partial charge in [-0.2, -0.15) is 0 Å². The lowest BCUT2D eigenvalue weighted by molar-refractivity contribution is 0.0646. The molecule has 0 saturated carbocycles. The summed E-state index contributed by atoms with van der Waals surface area (Å²) in [5.41, 5.74) is 0.488. The van der Waals surface area contributed by atoms with Crippen LogP contribution in [0.1, 0.15) is 50.5 Å². The van der Waals surface area contributed by atoms with E-state index in [1.165, 1.54) is 0 Å². The van der Waals surface area contributed by atoms with E-state index >= 15 is 0 Å². The standard InChI is InChI=1S/C15H23N3O/c1-4-10-16-13-8-5-7-12(17-13)14(19)18-11-6-9-15(18,2)3/h5,7-8H,4,6,9-11H2,1-3H3,(H,16,17). The van der Waals surface area contributed by atoms with Crippen LogP contribution in [-0.2, 0) is 0 Å². The second kappa shape index (κ2) is 5.59. The van der Waals surface area contributed by atoms with Gasteiger partial charge in [0, 0.05) is 18.6 Å². The Bertz CT molecular complexity index is 456. The molecule has 1 aromatic rings. The average molecular weight is 261 g/mol. The Labute approximate surface area is 115 Å². The van der Waals surface area contributed by atoms with Crippen molar-refractivity contribution in [3.8, 4) is 0 Å². The van der Waals surface area contributed by atoms with Crippen LogP contribution in [0.3, 0.4) is 0 Å². The number of carbonyl (C=O) groups is 1. The van der Waals surface area contributed by atoms with E-state index in [4.69, 9.17) is 0 Å². The van der Waals surface area contributed by atoms with Crippen molar-refractivity contribution in [2.24, 2.45) is 0 Å². The number of hydrogen-bond acceptors (Lipinski definition) is 3. The third-order valence-electron chi connectivity index (χ3n) is 3.67. The first-order chi connectivity index (χ1) is 9.04. The van der Waals surface area contributed by atoms with Gasteiger partial charge < -0.3 is 10.2 Å². The molecule has 0 unspecified atom stereocenters. The molecule has 2 heterocycles. The molecule has 4 nitrogen and oxygen atoms in total. The fraction of sp³-hybridized carbons (Fsp3) is 0.600. The zero-order valence-corrected chi connectivity index (χ0v) is 12.1. The fourth-order valence-electron chi connectivity index (χ4n) is 2.53. The molecule has 1 aliphatic rings. The van der Waals surface area contributed by atoms with Gasteiger partial charge in [0.15, 0.2) is 0 Å². The lowest BCUT2D eigenvalue weighted by atomic mass is 10.0. The first-order valence-electron chi connectivity index (χ1n) is 7.07. The third kappa shape index (κ3) is 3.06. The Kier molecular flexibility index (Phi) is 4.08. The van der Waals surface area contributed by atoms with Crippen molar-refractivity contribution in [3.05, 3.63) is 23.9 Å². The molecule has 2 rings (SSSR count). The molecule has 1 fully saturated rings. The van der Waals surface area contributed by atoms with Gasteiger partial charge in [-0.15, -0.1) is 0 Å². The maximum Gasteiger partial charge on any atom is 0.272 e. The van der Waals surface area contributed by atoms with E-state index in [-0.39, 0.29) is 11.4 Å². The van der Waals surface area contributed by atoms with Crippen LogP contribution < -0.4 is 5.32 Å². The molecule has 1 N–H and O–H groups in total. The highest BCUT2D eigenvalue weighted by atomic mass is 16.2. The van der Waals surface area contributed by atoms with Gasteiger partial charge in [0.05, 0.1) is 0 Å². The summed E-state index contributed by atoms with van der Waals surface area (Å²) in [6.07, 6.45) is 3.18. The summed E-state index contributed by atoms with van der Waals surface area (Å²) in [5, 5.41) is 3.22. The molecule has 104 valence electrons. The van der Waals surface area contributed by atoms with E-state index in [0.29, 0.717) is 5.69 Å². The van der Waals surface area contributed by atoms with Crippen molar-refractivity contribution in [2.45, 2.75) is 45.6 Å². The normalized spacial score (nSPS) is 17.5. The van der Waals surface area contributed by atoms with E-state index in [2.05, 4.69) is 31.1 Å². The smallest absolute Gasteiger partial charge is 0.272 e. The predicted octanol–water partition coefficient (Wildman–Crippen LogP) is 2.92. The summed E-state index contributed by atoms with van der Waals surface area (Å²) in [6, 6.07) is 5.59. The molecule has 0 aliphatic carbocycles. The number of hydrogen-bond donors (Lipinski definition) is 1. The van der Waals surface area contributed by atoms with Crippen LogP contribution in [0, 0.1) is 0 Å². The molecule has 0 spiro atoms. The van der Waals surface area contributed by atoms with Crippen LogP contribution >= 0.6 is 0 Å². The first-order valence-corrected chi connectivity index (χ1v) is 7.07. The number of rotatable bonds is 4. The van der Waals surface area contributed by atoms with Crippen molar-refractivity contribution in [1.29, 1.82) is 0 Å². The SMILES string of the molecule is CCCNc1cccc(C(=O)N2CCCC2(C)C)n1. The lowest BCUT2D eigenvalue weighted by Crippen LogP contribution is -2.43. The fourth-order valence-corrected chi connectivity index (χ4v) is 2.53. The summed E-state index contributed by atoms with van der Waals surface area (Å²) in [5.74, 6) is 0.826. The zero-order chi connectivity index (χ0) is 13.9. The monoisotopic (exact) mass is 261 g/mol. The highest BCUT2D eigenvalue weighted by Gasteiger charge is 2.36. The Balaban J connectivity index is 2.15. The average Bonchev–Trinajstić information content (AvgIpc) is 2.75. The number of amides is 1. The second-order valence-electron chi connectivity index (χ2n) is 5.71. The minimum absolute atomic E-state index is 0.0441. The lowest BCUT2D eigenvalue weighted by Gasteiger charge is -2.31. The number of likely N-dealkylation sites (tertiary alicyclic amines) is 1. The quantitative estimate of drug-likeness (QED) is 0.906. The highest BCUT2D eigenvalue weighted by Crippen LogP contribution is 2.29. The zero-order valence-electron chi connectivity index (χ0n) is 12.1. The van der Waals surface area contributed by atoms with Gasteiger partial charge in [0.2, 0.25) is 0 Å². The number of nitrogens with zero attached hydrogens (tertiary/aromatic N) is 2. The van der Waals surface area contributed by atoms with Gasteiger partial charge >= 0.3 is 0 Å². The van der Waals surface area contributed by atoms with E-state index in [9.17, 15) is 4.79 Å². The highest BCUT2D eigenvalue weighted by molar-refractivity contribution is 5.93. The van der Waals surface area contributed by atoms with Crippen LogP contribution in [-0.4, -0.2) is 34.4 Å². The summed E-state index contributed by atoms with van der Waals surface area (Å²) in [4.78, 5) is 18.9. The van der Waals surface area contributed by atoms with Gasteiger partial charge in [-0.3, -0.25) is 4.79 Å². The van der Waals surface area contributed by atoms with Crippen molar-refractivity contribution >= 4 is 11.7 Å². The van der Waals surface area contributed by atoms with E-state index in [1.54, 1.807) is 6.07 Å². The largest absolute Gasteiger partial charge is 0.370 e. The first kappa shape index (κ1) is 13.8. The molecular formula is C15H23N3O. The summed E-state index contributed by atoms with van der Waals surface area (Å²) >= 11 is 0. The van der Waals surface area contributed by atoms with Crippen molar-refractivity contribution in [3.63, 3.8) is 0 Å². The van der Waals surface area contributed by atoms with Gasteiger partial charge in [-0.1, -0.05) is 13.0 Å². The molecule has 0 atom stereocenters. The van der Waals surface area contributed by atoms with Crippen molar-refractivity contribution < 1.29 is 4.79 Å². The maximum atomic E-state index is 12.5. The molecule has 1 aromatic heterocycles. The van der Waals surface area contributed by atoms with E-state index in [0.717, 1.165) is 38.2 Å². The van der Waals surface area contributed by atoms with E-state index < -0.39 is 0 Å². The minimum Gasteiger partial charge on any atom is -0.370 e. The summed E-state index contributed by atoms with van der Waals surface area (Å²) < 4.78 is 0. The second-order valence-corrected chi connectivity index (χ2v) is 5.71. The molecule has 1 saturated heterocycles. The molecule has 0 bridgehead atoms. The summed E-state index contributed by atoms with van der Waals surface area (Å²) in [7, 11) is 0. The number of nitrogens with one attached hydrogen (secondary N) is 1. The molecule has 0 aromatic carbocycles. The third-order valence-corrected chi connectivity index (χ3v) is 3.67. The predicted molar refractivity (Wildman–Crippen MR) is 77.4 cm³/mol. The van der Waals surface area contributed by atoms with Crippen LogP contribution in [0.15, 0.2) is 18.2 Å². The van der Waals surface area contributed by atoms with Crippen LogP contribution in [0.2, 0.25) is 0 Å². The van der Waals surface area contributed by atoms with Gasteiger partial charge in [-0.25, -0.2) is 4.98 Å².